The number of nitrogens with zero attached hydrogens (tertiary/aromatic N) is 1. The van der Waals surface area contributed by atoms with Crippen LogP contribution in [0.3, 0.4) is 0 Å². The summed E-state index contributed by atoms with van der Waals surface area (Å²) in [5, 5.41) is 1.27. The highest BCUT2D eigenvalue weighted by Gasteiger charge is 2.17. The number of sulfonamides is 1. The summed E-state index contributed by atoms with van der Waals surface area (Å²) >= 11 is 14.9. The second kappa shape index (κ2) is 10.6. The monoisotopic (exact) mass is 538 g/mol. The van der Waals surface area contributed by atoms with Gasteiger partial charge in [0.25, 0.3) is 0 Å². The van der Waals surface area contributed by atoms with Crippen molar-refractivity contribution in [2.75, 3.05) is 12.3 Å². The number of thioether (sulfide) groups is 1. The summed E-state index contributed by atoms with van der Waals surface area (Å²) in [5.41, 5.74) is 2.60. The number of hydrogen-bond acceptors (Lipinski definition) is 5. The van der Waals surface area contributed by atoms with Gasteiger partial charge in [-0.3, -0.25) is 9.36 Å². The molecule has 0 amide bonds. The average Bonchev–Trinajstić information content (AvgIpc) is 3.09. The molecule has 0 radical (unpaired) electrons. The van der Waals surface area contributed by atoms with E-state index in [9.17, 15) is 13.2 Å². The Morgan fingerprint density at radius 3 is 2.61 bits per heavy atom. The van der Waals surface area contributed by atoms with Crippen molar-refractivity contribution >= 4 is 66.5 Å². The fraction of sp³-hybridized carbons (Fsp3) is 0.174. The van der Waals surface area contributed by atoms with Crippen molar-refractivity contribution in [2.45, 2.75) is 17.2 Å². The zero-order valence-corrected chi connectivity index (χ0v) is 21.3. The average molecular weight is 540 g/mol. The molecule has 0 saturated carbocycles. The highest BCUT2D eigenvalue weighted by molar-refractivity contribution is 7.98. The summed E-state index contributed by atoms with van der Waals surface area (Å²) in [7, 11) is -3.68. The van der Waals surface area contributed by atoms with Gasteiger partial charge in [-0.25, -0.2) is 13.1 Å². The minimum Gasteiger partial charge on any atom is -0.294 e. The lowest BCUT2D eigenvalue weighted by Gasteiger charge is -2.08. The van der Waals surface area contributed by atoms with Crippen LogP contribution in [0.5, 0.6) is 0 Å². The van der Waals surface area contributed by atoms with Crippen molar-refractivity contribution in [1.29, 1.82) is 0 Å². The van der Waals surface area contributed by atoms with E-state index in [1.54, 1.807) is 34.5 Å². The first kappa shape index (κ1) is 24.3. The number of nitrogens with one attached hydrogen (secondary N) is 1. The van der Waals surface area contributed by atoms with Crippen LogP contribution >= 0.6 is 46.3 Å². The van der Waals surface area contributed by atoms with E-state index in [2.05, 4.69) is 4.72 Å². The van der Waals surface area contributed by atoms with E-state index in [1.807, 2.05) is 42.5 Å². The first-order chi connectivity index (χ1) is 15.8. The third-order valence-corrected chi connectivity index (χ3v) is 8.97. The molecule has 0 aliphatic heterocycles. The summed E-state index contributed by atoms with van der Waals surface area (Å²) in [5.74, 6) is 1.37. The second-order valence-electron chi connectivity index (χ2n) is 7.26. The highest BCUT2D eigenvalue weighted by Crippen LogP contribution is 2.24. The van der Waals surface area contributed by atoms with E-state index in [0.717, 1.165) is 28.2 Å². The number of aromatic nitrogens is 1. The van der Waals surface area contributed by atoms with Crippen LogP contribution in [0.2, 0.25) is 10.0 Å². The van der Waals surface area contributed by atoms with Crippen LogP contribution in [-0.4, -0.2) is 25.3 Å². The molecule has 0 aliphatic carbocycles. The lowest BCUT2D eigenvalue weighted by molar-refractivity contribution is 0.584. The first-order valence-corrected chi connectivity index (χ1v) is 14.2. The van der Waals surface area contributed by atoms with Gasteiger partial charge in [0.15, 0.2) is 0 Å². The Balaban J connectivity index is 1.42. The maximum absolute atomic E-state index is 12.7. The quantitative estimate of drug-likeness (QED) is 0.280. The molecule has 0 fully saturated rings. The van der Waals surface area contributed by atoms with Gasteiger partial charge in [0, 0.05) is 28.1 Å². The number of benzene rings is 3. The molecule has 0 aliphatic rings. The normalized spacial score (nSPS) is 11.8. The maximum Gasteiger partial charge on any atom is 0.308 e. The predicted octanol–water partition coefficient (Wildman–Crippen LogP) is 5.63. The third-order valence-electron chi connectivity index (χ3n) is 4.93. The van der Waals surface area contributed by atoms with Crippen molar-refractivity contribution in [3.8, 4) is 0 Å². The summed E-state index contributed by atoms with van der Waals surface area (Å²) in [4.78, 5) is 12.5. The predicted molar refractivity (Wildman–Crippen MR) is 139 cm³/mol. The molecule has 0 saturated heterocycles. The van der Waals surface area contributed by atoms with Gasteiger partial charge in [0.05, 0.1) is 21.7 Å². The molecule has 4 rings (SSSR count). The molecule has 0 unspecified atom stereocenters. The Labute approximate surface area is 210 Å². The van der Waals surface area contributed by atoms with Gasteiger partial charge in [-0.1, -0.05) is 64.9 Å². The number of hydrogen-bond donors (Lipinski definition) is 1. The molecule has 3 aromatic carbocycles. The molecular weight excluding hydrogens is 519 g/mol. The summed E-state index contributed by atoms with van der Waals surface area (Å²) < 4.78 is 30.3. The SMILES string of the molecule is O=c1sc2cc(S(=O)(=O)NCCSCc3cccc(Cl)c3)ccc2n1Cc1ccccc1Cl. The number of rotatable bonds is 9. The van der Waals surface area contributed by atoms with Gasteiger partial charge >= 0.3 is 4.87 Å². The number of fused-ring (bicyclic) bond motifs is 1. The molecule has 1 N–H and O–H groups in total. The minimum absolute atomic E-state index is 0.140. The Morgan fingerprint density at radius 1 is 1.00 bits per heavy atom. The van der Waals surface area contributed by atoms with Gasteiger partial charge in [0.2, 0.25) is 10.0 Å². The Bertz CT molecular complexity index is 1450. The topological polar surface area (TPSA) is 68.2 Å². The zero-order chi connectivity index (χ0) is 23.4. The maximum atomic E-state index is 12.7. The van der Waals surface area contributed by atoms with Crippen LogP contribution in [0, 0.1) is 0 Å². The van der Waals surface area contributed by atoms with Crippen LogP contribution in [-0.2, 0) is 22.3 Å². The summed E-state index contributed by atoms with van der Waals surface area (Å²) in [6.45, 7) is 0.627. The summed E-state index contributed by atoms with van der Waals surface area (Å²) in [6.07, 6.45) is 0. The van der Waals surface area contributed by atoms with Crippen molar-refractivity contribution in [1.82, 2.24) is 9.29 Å². The number of thiazole rings is 1. The molecule has 0 bridgehead atoms. The fourth-order valence-electron chi connectivity index (χ4n) is 3.31. The molecule has 1 aromatic heterocycles. The van der Waals surface area contributed by atoms with Gasteiger partial charge < -0.3 is 0 Å². The largest absolute Gasteiger partial charge is 0.308 e. The molecule has 4 aromatic rings. The zero-order valence-electron chi connectivity index (χ0n) is 17.3. The molecule has 0 atom stereocenters. The molecule has 1 heterocycles. The van der Waals surface area contributed by atoms with E-state index in [1.165, 1.54) is 6.07 Å². The lowest BCUT2D eigenvalue weighted by Crippen LogP contribution is -2.26. The minimum atomic E-state index is -3.68. The van der Waals surface area contributed by atoms with Crippen LogP contribution < -0.4 is 9.60 Å². The molecular formula is C23H20Cl2N2O3S3. The van der Waals surface area contributed by atoms with Gasteiger partial charge in [-0.05, 0) is 47.5 Å². The van der Waals surface area contributed by atoms with Crippen molar-refractivity contribution < 1.29 is 8.42 Å². The Hall–Kier alpha value is -1.81. The molecule has 5 nitrogen and oxygen atoms in total. The Morgan fingerprint density at radius 2 is 1.82 bits per heavy atom. The number of halogens is 2. The smallest absolute Gasteiger partial charge is 0.294 e. The van der Waals surface area contributed by atoms with Crippen LogP contribution in [0.15, 0.2) is 76.4 Å². The summed E-state index contributed by atoms with van der Waals surface area (Å²) in [6, 6.07) is 19.7. The first-order valence-electron chi connectivity index (χ1n) is 10.0. The lowest BCUT2D eigenvalue weighted by atomic mass is 10.2. The second-order valence-corrected chi connectivity index (χ2v) is 12.0. The van der Waals surface area contributed by atoms with E-state index in [-0.39, 0.29) is 9.77 Å². The van der Waals surface area contributed by atoms with Crippen molar-refractivity contribution in [2.24, 2.45) is 0 Å². The van der Waals surface area contributed by atoms with Gasteiger partial charge in [0.1, 0.15) is 0 Å². The van der Waals surface area contributed by atoms with E-state index in [0.29, 0.717) is 39.1 Å². The molecule has 10 heteroatoms. The standard InChI is InChI=1S/C23H20Cl2N2O3S3/c24-18-6-3-4-16(12-18)15-31-11-10-26-33(29,30)19-8-9-21-22(13-19)32-23(28)27(21)14-17-5-1-2-7-20(17)25/h1-9,12-13,26H,10-11,14-15H2. The van der Waals surface area contributed by atoms with Crippen molar-refractivity contribution in [3.63, 3.8) is 0 Å². The van der Waals surface area contributed by atoms with Gasteiger partial charge in [-0.2, -0.15) is 11.8 Å². The van der Waals surface area contributed by atoms with Crippen LogP contribution in [0.4, 0.5) is 0 Å². The van der Waals surface area contributed by atoms with Crippen molar-refractivity contribution in [3.05, 3.63) is 97.6 Å². The van der Waals surface area contributed by atoms with E-state index >= 15 is 0 Å². The van der Waals surface area contributed by atoms with Crippen LogP contribution in [0.1, 0.15) is 11.1 Å². The fourth-order valence-corrected chi connectivity index (χ4v) is 6.71. The third kappa shape index (κ3) is 6.01. The van der Waals surface area contributed by atoms with E-state index in [4.69, 9.17) is 23.2 Å². The molecule has 33 heavy (non-hydrogen) atoms. The van der Waals surface area contributed by atoms with Gasteiger partial charge in [-0.15, -0.1) is 0 Å². The Kier molecular flexibility index (Phi) is 7.83. The van der Waals surface area contributed by atoms with E-state index < -0.39 is 10.0 Å². The highest BCUT2D eigenvalue weighted by atomic mass is 35.5. The molecule has 0 spiro atoms. The molecule has 172 valence electrons. The van der Waals surface area contributed by atoms with Crippen LogP contribution in [0.25, 0.3) is 10.2 Å².